The van der Waals surface area contributed by atoms with E-state index in [4.69, 9.17) is 16.2 Å². The highest BCUT2D eigenvalue weighted by Gasteiger charge is 2.07. The van der Waals surface area contributed by atoms with Crippen LogP contribution in [0.25, 0.3) is 6.08 Å². The second-order valence-corrected chi connectivity index (χ2v) is 4.01. The van der Waals surface area contributed by atoms with E-state index in [1.165, 1.54) is 17.7 Å². The molecule has 0 aliphatic carbocycles. The molecule has 0 aliphatic rings. The van der Waals surface area contributed by atoms with E-state index >= 15 is 0 Å². The topological polar surface area (TPSA) is 54.4 Å². The highest BCUT2D eigenvalue weighted by molar-refractivity contribution is 7.85. The third-order valence-electron chi connectivity index (χ3n) is 1.43. The van der Waals surface area contributed by atoms with Gasteiger partial charge < -0.3 is 0 Å². The Morgan fingerprint density at radius 1 is 1.23 bits per heavy atom. The highest BCUT2D eigenvalue weighted by atomic mass is 35.5. The zero-order valence-electron chi connectivity index (χ0n) is 6.51. The smallest absolute Gasteiger partial charge is 0.282 e. The summed E-state index contributed by atoms with van der Waals surface area (Å²) in [6.45, 7) is 0. The molecular weight excluding hydrogens is 212 g/mol. The molecule has 0 radical (unpaired) electrons. The first-order valence-corrected chi connectivity index (χ1v) is 5.26. The second kappa shape index (κ2) is 3.91. The fourth-order valence-corrected chi connectivity index (χ4v) is 1.45. The molecule has 0 amide bonds. The van der Waals surface area contributed by atoms with Gasteiger partial charge in [0.05, 0.1) is 4.90 Å². The summed E-state index contributed by atoms with van der Waals surface area (Å²) in [7, 11) is -4.09. The maximum absolute atomic E-state index is 10.6. The van der Waals surface area contributed by atoms with E-state index in [2.05, 4.69) is 0 Å². The van der Waals surface area contributed by atoms with Gasteiger partial charge in [0.2, 0.25) is 0 Å². The van der Waals surface area contributed by atoms with Gasteiger partial charge in [-0.1, -0.05) is 23.7 Å². The second-order valence-electron chi connectivity index (χ2n) is 2.34. The van der Waals surface area contributed by atoms with Crippen LogP contribution < -0.4 is 0 Å². The van der Waals surface area contributed by atoms with Crippen LogP contribution in [0.4, 0.5) is 0 Å². The summed E-state index contributed by atoms with van der Waals surface area (Å²) in [6.07, 6.45) is 1.61. The molecule has 0 saturated heterocycles. The molecular formula is C8H7ClO3S. The van der Waals surface area contributed by atoms with Crippen molar-refractivity contribution in [1.29, 1.82) is 0 Å². The molecule has 0 atom stereocenters. The van der Waals surface area contributed by atoms with Crippen LogP contribution in [0.2, 0.25) is 0 Å². The molecule has 0 unspecified atom stereocenters. The van der Waals surface area contributed by atoms with Crippen molar-refractivity contribution in [2.24, 2.45) is 0 Å². The van der Waals surface area contributed by atoms with Crippen molar-refractivity contribution in [2.45, 2.75) is 4.90 Å². The molecule has 0 fully saturated rings. The average molecular weight is 219 g/mol. The maximum atomic E-state index is 10.6. The minimum absolute atomic E-state index is 0.126. The van der Waals surface area contributed by atoms with Crippen molar-refractivity contribution in [2.75, 3.05) is 0 Å². The predicted octanol–water partition coefficient (Wildman–Crippen LogP) is 2.14. The van der Waals surface area contributed by atoms with Gasteiger partial charge in [-0.2, -0.15) is 8.42 Å². The lowest BCUT2D eigenvalue weighted by Crippen LogP contribution is -1.96. The lowest BCUT2D eigenvalue weighted by Gasteiger charge is -1.96. The molecule has 5 heteroatoms. The van der Waals surface area contributed by atoms with Gasteiger partial charge in [0.1, 0.15) is 0 Å². The molecule has 0 bridgehead atoms. The van der Waals surface area contributed by atoms with Crippen LogP contribution >= 0.6 is 11.6 Å². The Hall–Kier alpha value is -0.840. The summed E-state index contributed by atoms with van der Waals surface area (Å²) in [5.74, 6) is 0. The molecule has 0 aliphatic heterocycles. The molecule has 1 aromatic carbocycles. The number of hydrogen-bond acceptors (Lipinski definition) is 2. The van der Waals surface area contributed by atoms with Crippen molar-refractivity contribution >= 4 is 27.8 Å². The first-order valence-electron chi connectivity index (χ1n) is 3.38. The number of rotatable bonds is 2. The van der Waals surface area contributed by atoms with Gasteiger partial charge in [-0.3, -0.25) is 4.55 Å². The first kappa shape index (κ1) is 10.2. The average Bonchev–Trinajstić information content (AvgIpc) is 2.04. The van der Waals surface area contributed by atoms with Crippen LogP contribution in [0.3, 0.4) is 0 Å². The quantitative estimate of drug-likeness (QED) is 0.774. The zero-order chi connectivity index (χ0) is 9.90. The van der Waals surface area contributed by atoms with Crippen molar-refractivity contribution in [1.82, 2.24) is 0 Å². The summed E-state index contributed by atoms with van der Waals surface area (Å²) in [6, 6.07) is 5.70. The van der Waals surface area contributed by atoms with E-state index in [-0.39, 0.29) is 4.90 Å². The summed E-state index contributed by atoms with van der Waals surface area (Å²) >= 11 is 5.32. The lowest BCUT2D eigenvalue weighted by atomic mass is 10.2. The highest BCUT2D eigenvalue weighted by Crippen LogP contribution is 2.11. The normalized spacial score (nSPS) is 12.2. The van der Waals surface area contributed by atoms with Gasteiger partial charge in [0.25, 0.3) is 10.1 Å². The SMILES string of the molecule is O=S(=O)(O)c1ccc(C=CCl)cc1. The van der Waals surface area contributed by atoms with Crippen LogP contribution in [-0.4, -0.2) is 13.0 Å². The third-order valence-corrected chi connectivity index (χ3v) is 2.43. The predicted molar refractivity (Wildman–Crippen MR) is 51.1 cm³/mol. The van der Waals surface area contributed by atoms with Crippen LogP contribution in [-0.2, 0) is 10.1 Å². The van der Waals surface area contributed by atoms with E-state index < -0.39 is 10.1 Å². The molecule has 0 spiro atoms. The maximum Gasteiger partial charge on any atom is 0.294 e. The molecule has 3 nitrogen and oxygen atoms in total. The minimum atomic E-state index is -4.09. The fraction of sp³-hybridized carbons (Fsp3) is 0. The summed E-state index contributed by atoms with van der Waals surface area (Å²) in [5, 5.41) is 0. The Morgan fingerprint density at radius 2 is 1.77 bits per heavy atom. The lowest BCUT2D eigenvalue weighted by molar-refractivity contribution is 0.483. The van der Waals surface area contributed by atoms with Gasteiger partial charge in [0.15, 0.2) is 0 Å². The van der Waals surface area contributed by atoms with Crippen molar-refractivity contribution in [3.8, 4) is 0 Å². The van der Waals surface area contributed by atoms with E-state index in [1.54, 1.807) is 18.2 Å². The van der Waals surface area contributed by atoms with Gasteiger partial charge in [-0.15, -0.1) is 0 Å². The van der Waals surface area contributed by atoms with Crippen LogP contribution in [0, 0.1) is 0 Å². The molecule has 0 aromatic heterocycles. The number of benzene rings is 1. The van der Waals surface area contributed by atoms with E-state index in [0.29, 0.717) is 0 Å². The number of halogens is 1. The standard InChI is InChI=1S/C8H7ClO3S/c9-6-5-7-1-3-8(4-2-7)13(10,11)12/h1-6H,(H,10,11,12). The Balaban J connectivity index is 3.08. The van der Waals surface area contributed by atoms with Gasteiger partial charge in [-0.05, 0) is 23.8 Å². The van der Waals surface area contributed by atoms with Crippen molar-refractivity contribution in [3.63, 3.8) is 0 Å². The minimum Gasteiger partial charge on any atom is -0.282 e. The summed E-state index contributed by atoms with van der Waals surface area (Å²) in [5.41, 5.74) is 2.09. The molecule has 1 N–H and O–H groups in total. The molecule has 1 aromatic rings. The van der Waals surface area contributed by atoms with E-state index in [1.807, 2.05) is 0 Å². The molecule has 0 heterocycles. The van der Waals surface area contributed by atoms with Gasteiger partial charge in [0, 0.05) is 5.54 Å². The van der Waals surface area contributed by atoms with Crippen LogP contribution in [0.5, 0.6) is 0 Å². The largest absolute Gasteiger partial charge is 0.294 e. The summed E-state index contributed by atoms with van der Waals surface area (Å²) in [4.78, 5) is -0.126. The molecule has 1 rings (SSSR count). The van der Waals surface area contributed by atoms with Crippen molar-refractivity contribution in [3.05, 3.63) is 35.4 Å². The summed E-state index contributed by atoms with van der Waals surface area (Å²) < 4.78 is 29.9. The van der Waals surface area contributed by atoms with Crippen molar-refractivity contribution < 1.29 is 13.0 Å². The van der Waals surface area contributed by atoms with E-state index in [0.717, 1.165) is 5.56 Å². The molecule has 0 saturated carbocycles. The van der Waals surface area contributed by atoms with Gasteiger partial charge >= 0.3 is 0 Å². The monoisotopic (exact) mass is 218 g/mol. The zero-order valence-corrected chi connectivity index (χ0v) is 8.09. The van der Waals surface area contributed by atoms with Crippen LogP contribution in [0.1, 0.15) is 5.56 Å². The Kier molecular flexibility index (Phi) is 3.08. The van der Waals surface area contributed by atoms with E-state index in [9.17, 15) is 8.42 Å². The van der Waals surface area contributed by atoms with Gasteiger partial charge in [-0.25, -0.2) is 0 Å². The molecule has 70 valence electrons. The third kappa shape index (κ3) is 2.84. The van der Waals surface area contributed by atoms with Crippen LogP contribution in [0.15, 0.2) is 34.7 Å². The Labute approximate surface area is 81.4 Å². The fourth-order valence-electron chi connectivity index (χ4n) is 0.824. The number of hydrogen-bond donors (Lipinski definition) is 1. The Bertz CT molecular complexity index is 406. The molecule has 13 heavy (non-hydrogen) atoms. The Morgan fingerprint density at radius 3 is 2.15 bits per heavy atom. The first-order chi connectivity index (χ1) is 6.04.